The summed E-state index contributed by atoms with van der Waals surface area (Å²) in [6.07, 6.45) is 0.312. The van der Waals surface area contributed by atoms with Gasteiger partial charge in [0, 0.05) is 0 Å². The third-order valence-electron chi connectivity index (χ3n) is 2.88. The zero-order valence-electron chi connectivity index (χ0n) is 10.6. The molecule has 0 radical (unpaired) electrons. The Hall–Kier alpha value is -0.860. The lowest BCUT2D eigenvalue weighted by atomic mass is 9.72. The number of rotatable bonds is 5. The van der Waals surface area contributed by atoms with Crippen molar-refractivity contribution in [1.82, 2.24) is 0 Å². The summed E-state index contributed by atoms with van der Waals surface area (Å²) in [7, 11) is 0. The molecule has 0 spiro atoms. The highest BCUT2D eigenvalue weighted by Gasteiger charge is 2.46. The van der Waals surface area contributed by atoms with E-state index in [-0.39, 0.29) is 23.8 Å². The first kappa shape index (κ1) is 14.1. The largest absolute Gasteiger partial charge is 0.462 e. The van der Waals surface area contributed by atoms with Gasteiger partial charge in [0.05, 0.1) is 6.10 Å². The van der Waals surface area contributed by atoms with E-state index in [2.05, 4.69) is 0 Å². The monoisotopic (exact) mass is 214 g/mol. The van der Waals surface area contributed by atoms with Gasteiger partial charge in [-0.1, -0.05) is 20.8 Å². The third kappa shape index (κ3) is 2.80. The van der Waals surface area contributed by atoms with Gasteiger partial charge in [-0.05, 0) is 33.1 Å². The Balaban J connectivity index is 5.08. The lowest BCUT2D eigenvalue weighted by molar-refractivity contribution is -0.167. The molecule has 0 amide bonds. The molecule has 0 aliphatic rings. The molecule has 0 aromatic rings. The van der Waals surface area contributed by atoms with Crippen molar-refractivity contribution in [2.75, 3.05) is 0 Å². The van der Waals surface area contributed by atoms with E-state index in [9.17, 15) is 9.59 Å². The van der Waals surface area contributed by atoms with Gasteiger partial charge in [0.15, 0.2) is 0 Å². The van der Waals surface area contributed by atoms with Crippen LogP contribution in [0.15, 0.2) is 0 Å². The topological polar surface area (TPSA) is 43.4 Å². The maximum Gasteiger partial charge on any atom is 0.320 e. The van der Waals surface area contributed by atoms with Gasteiger partial charge in [-0.3, -0.25) is 9.59 Å². The molecule has 0 rings (SSSR count). The van der Waals surface area contributed by atoms with Crippen molar-refractivity contribution < 1.29 is 14.3 Å². The smallest absolute Gasteiger partial charge is 0.320 e. The van der Waals surface area contributed by atoms with E-state index in [4.69, 9.17) is 4.74 Å². The molecule has 3 heteroatoms. The van der Waals surface area contributed by atoms with Crippen LogP contribution in [-0.2, 0) is 14.3 Å². The van der Waals surface area contributed by atoms with Gasteiger partial charge in [0.25, 0.3) is 0 Å². The second-order valence-electron chi connectivity index (χ2n) is 4.49. The van der Waals surface area contributed by atoms with Crippen molar-refractivity contribution in [2.24, 2.45) is 11.3 Å². The number of carbonyl (C=O) groups is 2. The number of ketones is 1. The molecule has 3 nitrogen and oxygen atoms in total. The van der Waals surface area contributed by atoms with Crippen LogP contribution in [0.25, 0.3) is 0 Å². The molecule has 0 fully saturated rings. The molecule has 15 heavy (non-hydrogen) atoms. The summed E-state index contributed by atoms with van der Waals surface area (Å²) in [5.74, 6) is -0.528. The van der Waals surface area contributed by atoms with E-state index in [1.807, 2.05) is 20.8 Å². The van der Waals surface area contributed by atoms with Gasteiger partial charge in [0.2, 0.25) is 0 Å². The van der Waals surface area contributed by atoms with Crippen LogP contribution >= 0.6 is 0 Å². The summed E-state index contributed by atoms with van der Waals surface area (Å²) in [4.78, 5) is 23.6. The predicted octanol–water partition coefficient (Wildman–Crippen LogP) is 2.58. The Morgan fingerprint density at radius 2 is 1.67 bits per heavy atom. The summed E-state index contributed by atoms with van der Waals surface area (Å²) in [6.45, 7) is 10.7. The average Bonchev–Trinajstić information content (AvgIpc) is 2.02. The SMILES string of the molecule is CCC(C(C)=O)(C(=O)OC(C)C)C(C)C. The average molecular weight is 214 g/mol. The van der Waals surface area contributed by atoms with Crippen LogP contribution in [0.1, 0.15) is 48.0 Å². The molecule has 0 N–H and O–H groups in total. The van der Waals surface area contributed by atoms with Gasteiger partial charge >= 0.3 is 5.97 Å². The Kier molecular flexibility index (Phi) is 4.98. The van der Waals surface area contributed by atoms with E-state index in [1.54, 1.807) is 13.8 Å². The van der Waals surface area contributed by atoms with Gasteiger partial charge < -0.3 is 4.74 Å². The molecule has 1 unspecified atom stereocenters. The summed E-state index contributed by atoms with van der Waals surface area (Å²) in [6, 6.07) is 0. The first-order chi connectivity index (χ1) is 6.78. The molecule has 1 atom stereocenters. The molecule has 88 valence electrons. The maximum atomic E-state index is 11.9. The number of esters is 1. The number of hydrogen-bond donors (Lipinski definition) is 0. The van der Waals surface area contributed by atoms with Gasteiger partial charge in [0.1, 0.15) is 11.2 Å². The normalized spacial score (nSPS) is 15.2. The highest BCUT2D eigenvalue weighted by atomic mass is 16.5. The molecule has 0 aromatic heterocycles. The van der Waals surface area contributed by atoms with E-state index >= 15 is 0 Å². The molecular formula is C12H22O3. The van der Waals surface area contributed by atoms with Gasteiger partial charge in [-0.25, -0.2) is 0 Å². The van der Waals surface area contributed by atoms with Crippen molar-refractivity contribution in [3.63, 3.8) is 0 Å². The number of hydrogen-bond acceptors (Lipinski definition) is 3. The van der Waals surface area contributed by atoms with E-state index in [0.717, 1.165) is 0 Å². The van der Waals surface area contributed by atoms with Gasteiger partial charge in [-0.15, -0.1) is 0 Å². The van der Waals surface area contributed by atoms with Crippen molar-refractivity contribution in [3.8, 4) is 0 Å². The van der Waals surface area contributed by atoms with Crippen molar-refractivity contribution in [1.29, 1.82) is 0 Å². The summed E-state index contributed by atoms with van der Waals surface area (Å²) < 4.78 is 5.17. The minimum atomic E-state index is -0.968. The second kappa shape index (κ2) is 5.29. The Labute approximate surface area is 92.2 Å². The maximum absolute atomic E-state index is 11.9. The number of ether oxygens (including phenoxy) is 1. The van der Waals surface area contributed by atoms with E-state index < -0.39 is 5.41 Å². The minimum Gasteiger partial charge on any atom is -0.462 e. The molecule has 0 heterocycles. The lowest BCUT2D eigenvalue weighted by Gasteiger charge is -2.32. The standard InChI is InChI=1S/C12H22O3/c1-7-12(8(2)3,10(6)13)11(14)15-9(4)5/h8-9H,7H2,1-6H3. The Morgan fingerprint density at radius 3 is 1.87 bits per heavy atom. The molecule has 0 aromatic carbocycles. The first-order valence-electron chi connectivity index (χ1n) is 5.51. The fourth-order valence-electron chi connectivity index (χ4n) is 1.91. The zero-order valence-corrected chi connectivity index (χ0v) is 10.6. The second-order valence-corrected chi connectivity index (χ2v) is 4.49. The van der Waals surface area contributed by atoms with Crippen molar-refractivity contribution >= 4 is 11.8 Å². The van der Waals surface area contributed by atoms with Crippen LogP contribution in [-0.4, -0.2) is 17.9 Å². The molecule has 0 aliphatic heterocycles. The molecular weight excluding hydrogens is 192 g/mol. The van der Waals surface area contributed by atoms with Crippen molar-refractivity contribution in [2.45, 2.75) is 54.1 Å². The highest BCUT2D eigenvalue weighted by molar-refractivity contribution is 6.03. The zero-order chi connectivity index (χ0) is 12.2. The third-order valence-corrected chi connectivity index (χ3v) is 2.88. The summed E-state index contributed by atoms with van der Waals surface area (Å²) in [5.41, 5.74) is -0.968. The molecule has 0 saturated carbocycles. The van der Waals surface area contributed by atoms with E-state index in [1.165, 1.54) is 6.92 Å². The fourth-order valence-corrected chi connectivity index (χ4v) is 1.91. The van der Waals surface area contributed by atoms with Gasteiger partial charge in [-0.2, -0.15) is 0 Å². The molecule has 0 aliphatic carbocycles. The highest BCUT2D eigenvalue weighted by Crippen LogP contribution is 2.34. The number of carbonyl (C=O) groups excluding carboxylic acids is 2. The van der Waals surface area contributed by atoms with Crippen LogP contribution in [0.3, 0.4) is 0 Å². The number of Topliss-reactive ketones (excluding diaryl/α,β-unsaturated/α-hetero) is 1. The quantitative estimate of drug-likeness (QED) is 0.522. The molecule has 0 bridgehead atoms. The van der Waals surface area contributed by atoms with Crippen LogP contribution in [0.4, 0.5) is 0 Å². The van der Waals surface area contributed by atoms with E-state index in [0.29, 0.717) is 6.42 Å². The van der Waals surface area contributed by atoms with Crippen LogP contribution < -0.4 is 0 Å². The Bertz CT molecular complexity index is 243. The van der Waals surface area contributed by atoms with Crippen LogP contribution in [0.5, 0.6) is 0 Å². The van der Waals surface area contributed by atoms with Crippen LogP contribution in [0, 0.1) is 11.3 Å². The summed E-state index contributed by atoms with van der Waals surface area (Å²) in [5, 5.41) is 0. The lowest BCUT2D eigenvalue weighted by Crippen LogP contribution is -2.44. The first-order valence-corrected chi connectivity index (χ1v) is 5.51. The Morgan fingerprint density at radius 1 is 1.20 bits per heavy atom. The summed E-state index contributed by atoms with van der Waals surface area (Å²) >= 11 is 0. The van der Waals surface area contributed by atoms with Crippen molar-refractivity contribution in [3.05, 3.63) is 0 Å². The van der Waals surface area contributed by atoms with Crippen LogP contribution in [0.2, 0.25) is 0 Å². The predicted molar refractivity (Wildman–Crippen MR) is 59.5 cm³/mol. The fraction of sp³-hybridized carbons (Fsp3) is 0.833. The molecule has 0 saturated heterocycles. The minimum absolute atomic E-state index is 0.0359.